The zero-order valence-corrected chi connectivity index (χ0v) is 17.2. The number of hydrogen-bond donors (Lipinski definition) is 2. The number of nitrogens with zero attached hydrogens (tertiary/aromatic N) is 1. The summed E-state index contributed by atoms with van der Waals surface area (Å²) >= 11 is 5.88. The van der Waals surface area contributed by atoms with Crippen LogP contribution in [-0.4, -0.2) is 41.4 Å². The van der Waals surface area contributed by atoms with Crippen LogP contribution in [0, 0.1) is 0 Å². The fourth-order valence-corrected chi connectivity index (χ4v) is 3.53. The molecule has 2 aromatic carbocycles. The second kappa shape index (κ2) is 10.1. The highest BCUT2D eigenvalue weighted by atomic mass is 35.5. The lowest BCUT2D eigenvalue weighted by molar-refractivity contribution is -0.130. The number of rotatable bonds is 7. The van der Waals surface area contributed by atoms with Crippen molar-refractivity contribution < 1.29 is 19.1 Å². The van der Waals surface area contributed by atoms with Crippen LogP contribution in [0.1, 0.15) is 24.0 Å². The summed E-state index contributed by atoms with van der Waals surface area (Å²) in [6.07, 6.45) is 0.865. The van der Waals surface area contributed by atoms with Crippen molar-refractivity contribution in [2.24, 2.45) is 5.73 Å². The number of hydrogen-bond acceptors (Lipinski definition) is 4. The van der Waals surface area contributed by atoms with E-state index in [9.17, 15) is 14.4 Å². The lowest BCUT2D eigenvalue weighted by Gasteiger charge is -2.25. The van der Waals surface area contributed by atoms with Crippen LogP contribution in [0.3, 0.4) is 0 Å². The van der Waals surface area contributed by atoms with E-state index in [1.165, 1.54) is 4.90 Å². The Labute approximate surface area is 180 Å². The van der Waals surface area contributed by atoms with Gasteiger partial charge >= 0.3 is 6.09 Å². The van der Waals surface area contributed by atoms with Crippen molar-refractivity contribution in [3.05, 3.63) is 70.7 Å². The summed E-state index contributed by atoms with van der Waals surface area (Å²) in [4.78, 5) is 38.6. The van der Waals surface area contributed by atoms with E-state index in [0.717, 1.165) is 11.1 Å². The summed E-state index contributed by atoms with van der Waals surface area (Å²) < 4.78 is 5.35. The molecule has 3 N–H and O–H groups in total. The minimum absolute atomic E-state index is 0.130. The molecule has 1 saturated heterocycles. The zero-order chi connectivity index (χ0) is 21.5. The van der Waals surface area contributed by atoms with E-state index in [-0.39, 0.29) is 13.0 Å². The molecule has 0 saturated carbocycles. The van der Waals surface area contributed by atoms with Crippen molar-refractivity contribution in [1.29, 1.82) is 0 Å². The van der Waals surface area contributed by atoms with Crippen LogP contribution in [0.25, 0.3) is 0 Å². The molecule has 2 aromatic rings. The average Bonchev–Trinajstić information content (AvgIpc) is 3.24. The molecule has 8 heteroatoms. The highest BCUT2D eigenvalue weighted by Gasteiger charge is 2.36. The van der Waals surface area contributed by atoms with Crippen LogP contribution in [0.15, 0.2) is 54.6 Å². The van der Waals surface area contributed by atoms with Gasteiger partial charge in [0.05, 0.1) is 0 Å². The summed E-state index contributed by atoms with van der Waals surface area (Å²) in [6, 6.07) is 14.7. The van der Waals surface area contributed by atoms with Crippen molar-refractivity contribution in [2.75, 3.05) is 6.54 Å². The molecule has 0 spiro atoms. The third-order valence-corrected chi connectivity index (χ3v) is 5.26. The van der Waals surface area contributed by atoms with E-state index in [1.54, 1.807) is 24.3 Å². The molecule has 1 heterocycles. The summed E-state index contributed by atoms with van der Waals surface area (Å²) in [7, 11) is 0. The molecule has 0 radical (unpaired) electrons. The van der Waals surface area contributed by atoms with Gasteiger partial charge in [-0.05, 0) is 36.1 Å². The Morgan fingerprint density at radius 2 is 1.80 bits per heavy atom. The number of carbonyl (C=O) groups excluding carboxylic acids is 3. The molecule has 2 atom stereocenters. The Kier molecular flexibility index (Phi) is 7.30. The smallest absolute Gasteiger partial charge is 0.410 e. The number of ether oxygens (including phenoxy) is 1. The molecule has 3 amide bonds. The quantitative estimate of drug-likeness (QED) is 0.706. The van der Waals surface area contributed by atoms with Gasteiger partial charge in [0.15, 0.2) is 0 Å². The molecule has 158 valence electrons. The van der Waals surface area contributed by atoms with Crippen LogP contribution in [0.4, 0.5) is 4.79 Å². The lowest BCUT2D eigenvalue weighted by Crippen LogP contribution is -2.53. The van der Waals surface area contributed by atoms with Crippen LogP contribution in [0.5, 0.6) is 0 Å². The number of carbonyl (C=O) groups is 3. The molecule has 0 bridgehead atoms. The molecular weight excluding hydrogens is 406 g/mol. The van der Waals surface area contributed by atoms with E-state index in [0.29, 0.717) is 24.4 Å². The van der Waals surface area contributed by atoms with Gasteiger partial charge in [0, 0.05) is 18.0 Å². The zero-order valence-electron chi connectivity index (χ0n) is 16.4. The normalized spacial score (nSPS) is 16.7. The maximum Gasteiger partial charge on any atom is 0.410 e. The number of nitrogens with one attached hydrogen (secondary N) is 1. The molecule has 0 aliphatic carbocycles. The van der Waals surface area contributed by atoms with Gasteiger partial charge in [-0.1, -0.05) is 54.1 Å². The Morgan fingerprint density at radius 1 is 1.10 bits per heavy atom. The van der Waals surface area contributed by atoms with E-state index in [1.807, 2.05) is 30.3 Å². The highest BCUT2D eigenvalue weighted by molar-refractivity contribution is 6.30. The van der Waals surface area contributed by atoms with Gasteiger partial charge in [-0.15, -0.1) is 0 Å². The molecule has 1 fully saturated rings. The number of amides is 3. The summed E-state index contributed by atoms with van der Waals surface area (Å²) in [5.41, 5.74) is 7.16. The van der Waals surface area contributed by atoms with Gasteiger partial charge < -0.3 is 15.8 Å². The van der Waals surface area contributed by atoms with Crippen molar-refractivity contribution in [3.8, 4) is 0 Å². The van der Waals surface area contributed by atoms with Crippen molar-refractivity contribution in [2.45, 2.75) is 38.0 Å². The fourth-order valence-electron chi connectivity index (χ4n) is 3.41. The van der Waals surface area contributed by atoms with Crippen LogP contribution < -0.4 is 11.1 Å². The molecule has 0 unspecified atom stereocenters. The minimum Gasteiger partial charge on any atom is -0.445 e. The van der Waals surface area contributed by atoms with Crippen LogP contribution >= 0.6 is 11.6 Å². The van der Waals surface area contributed by atoms with Crippen LogP contribution in [-0.2, 0) is 27.4 Å². The van der Waals surface area contributed by atoms with Gasteiger partial charge in [-0.25, -0.2) is 4.79 Å². The maximum atomic E-state index is 12.8. The van der Waals surface area contributed by atoms with Gasteiger partial charge in [-0.3, -0.25) is 14.5 Å². The summed E-state index contributed by atoms with van der Waals surface area (Å²) in [6.45, 7) is 0.551. The predicted molar refractivity (Wildman–Crippen MR) is 113 cm³/mol. The Morgan fingerprint density at radius 3 is 2.47 bits per heavy atom. The Hall–Kier alpha value is -3.06. The number of halogens is 1. The van der Waals surface area contributed by atoms with E-state index in [4.69, 9.17) is 22.1 Å². The first kappa shape index (κ1) is 21.6. The second-order valence-corrected chi connectivity index (χ2v) is 7.62. The monoisotopic (exact) mass is 429 g/mol. The third kappa shape index (κ3) is 5.73. The first-order valence-corrected chi connectivity index (χ1v) is 10.1. The molecule has 3 rings (SSSR count). The molecule has 1 aliphatic rings. The number of primary amides is 1. The number of benzene rings is 2. The summed E-state index contributed by atoms with van der Waals surface area (Å²) in [5, 5.41) is 3.26. The van der Waals surface area contributed by atoms with E-state index < -0.39 is 30.0 Å². The van der Waals surface area contributed by atoms with Crippen LogP contribution in [0.2, 0.25) is 5.02 Å². The molecule has 0 aromatic heterocycles. The van der Waals surface area contributed by atoms with Gasteiger partial charge in [0.25, 0.3) is 0 Å². The molecule has 1 aliphatic heterocycles. The fraction of sp³-hybridized carbons (Fsp3) is 0.318. The Bertz CT molecular complexity index is 889. The number of likely N-dealkylation sites (tertiary alicyclic amines) is 1. The summed E-state index contributed by atoms with van der Waals surface area (Å²) in [5.74, 6) is -1.06. The standard InChI is InChI=1S/C22H24ClN3O4/c23-17-10-8-15(9-11-17)13-18(20(24)27)25-21(28)19-7-4-12-26(19)22(29)30-14-16-5-2-1-3-6-16/h1-3,5-6,8-11,18-19H,4,7,12-14H2,(H2,24,27)(H,25,28)/t18-,19+/m0/s1. The van der Waals surface area contributed by atoms with Crippen molar-refractivity contribution >= 4 is 29.5 Å². The molecule has 7 nitrogen and oxygen atoms in total. The Balaban J connectivity index is 1.59. The first-order chi connectivity index (χ1) is 14.4. The van der Waals surface area contributed by atoms with Crippen molar-refractivity contribution in [3.63, 3.8) is 0 Å². The number of nitrogens with two attached hydrogens (primary N) is 1. The first-order valence-electron chi connectivity index (χ1n) is 9.75. The molecule has 30 heavy (non-hydrogen) atoms. The van der Waals surface area contributed by atoms with Gasteiger partial charge in [0.2, 0.25) is 11.8 Å². The largest absolute Gasteiger partial charge is 0.445 e. The minimum atomic E-state index is -0.888. The van der Waals surface area contributed by atoms with E-state index >= 15 is 0 Å². The highest BCUT2D eigenvalue weighted by Crippen LogP contribution is 2.20. The lowest BCUT2D eigenvalue weighted by atomic mass is 10.0. The topological polar surface area (TPSA) is 102 Å². The maximum absolute atomic E-state index is 12.8. The third-order valence-electron chi connectivity index (χ3n) is 5.01. The van der Waals surface area contributed by atoms with Crippen molar-refractivity contribution in [1.82, 2.24) is 10.2 Å². The van der Waals surface area contributed by atoms with Gasteiger partial charge in [0.1, 0.15) is 18.7 Å². The predicted octanol–water partition coefficient (Wildman–Crippen LogP) is 2.65. The van der Waals surface area contributed by atoms with Gasteiger partial charge in [-0.2, -0.15) is 0 Å². The van der Waals surface area contributed by atoms with E-state index in [2.05, 4.69) is 5.32 Å². The SMILES string of the molecule is NC(=O)[C@H](Cc1ccc(Cl)cc1)NC(=O)[C@H]1CCCN1C(=O)OCc1ccccc1. The second-order valence-electron chi connectivity index (χ2n) is 7.19. The molecular formula is C22H24ClN3O4. The average molecular weight is 430 g/mol.